The number of nitrogens with one attached hydrogen (secondary N) is 1. The number of nitrogens with zero attached hydrogens (tertiary/aromatic N) is 2. The Labute approximate surface area is 272 Å². The van der Waals surface area contributed by atoms with Crippen LogP contribution < -0.4 is 9.46 Å². The number of amides is 1. The lowest BCUT2D eigenvalue weighted by molar-refractivity contribution is -0.0177. The zero-order valence-electron chi connectivity index (χ0n) is 27.1. The molecule has 0 radical (unpaired) electrons. The number of sulfonamides is 1. The number of likely N-dealkylation sites (N-methyl/N-ethyl adjacent to an activating group) is 1. The largest absolute Gasteiger partial charge is 0.490 e. The number of ether oxygens (including phenoxy) is 2. The number of fused-ring (bicyclic) bond motifs is 1. The molecule has 46 heavy (non-hydrogen) atoms. The van der Waals surface area contributed by atoms with Gasteiger partial charge in [-0.2, -0.15) is 0 Å². The fourth-order valence-corrected chi connectivity index (χ4v) is 6.59. The summed E-state index contributed by atoms with van der Waals surface area (Å²) in [6, 6.07) is 18.8. The molecule has 9 nitrogen and oxygen atoms in total. The molecule has 3 aromatic carbocycles. The van der Waals surface area contributed by atoms with Crippen molar-refractivity contribution < 1.29 is 32.2 Å². The van der Waals surface area contributed by atoms with Crippen molar-refractivity contribution >= 4 is 21.6 Å². The number of benzene rings is 3. The van der Waals surface area contributed by atoms with Gasteiger partial charge >= 0.3 is 0 Å². The predicted octanol–water partition coefficient (Wildman–Crippen LogP) is 5.55. The zero-order chi connectivity index (χ0) is 33.3. The number of hydrogen-bond donors (Lipinski definition) is 2. The third kappa shape index (κ3) is 9.75. The number of carbonyl (C=O) groups is 1. The summed E-state index contributed by atoms with van der Waals surface area (Å²) in [6.45, 7) is 7.77. The minimum absolute atomic E-state index is 0.0948. The fraction of sp³-hybridized carbons (Fsp3) is 0.457. The third-order valence-corrected chi connectivity index (χ3v) is 9.61. The van der Waals surface area contributed by atoms with Gasteiger partial charge in [-0.1, -0.05) is 37.3 Å². The van der Waals surface area contributed by atoms with Gasteiger partial charge in [0, 0.05) is 37.8 Å². The van der Waals surface area contributed by atoms with E-state index in [9.17, 15) is 22.7 Å². The SMILES string of the molecule is C[C@H]1CCCCO[C@@H](CN(C)Cc2ccccc2)[C@@H](C)CN([C@@H](C)CO)C(=O)c2cc(NS(=O)(=O)c3ccc(F)cc3)ccc2O1. The molecule has 2 N–H and O–H groups in total. The van der Waals surface area contributed by atoms with E-state index < -0.39 is 27.8 Å². The van der Waals surface area contributed by atoms with Crippen molar-refractivity contribution in [3.63, 3.8) is 0 Å². The highest BCUT2D eigenvalue weighted by Crippen LogP contribution is 2.29. The molecular weight excluding hydrogens is 609 g/mol. The molecule has 1 heterocycles. The predicted molar refractivity (Wildman–Crippen MR) is 177 cm³/mol. The molecule has 3 aromatic rings. The molecule has 0 fully saturated rings. The van der Waals surface area contributed by atoms with Crippen LogP contribution in [0, 0.1) is 11.7 Å². The van der Waals surface area contributed by atoms with Crippen LogP contribution in [-0.2, 0) is 21.3 Å². The van der Waals surface area contributed by atoms with Crippen LogP contribution >= 0.6 is 0 Å². The lowest BCUT2D eigenvalue weighted by atomic mass is 10.0. The van der Waals surface area contributed by atoms with Crippen LogP contribution in [0.4, 0.5) is 10.1 Å². The van der Waals surface area contributed by atoms with Crippen molar-refractivity contribution in [2.24, 2.45) is 5.92 Å². The van der Waals surface area contributed by atoms with E-state index in [0.717, 1.165) is 37.9 Å². The van der Waals surface area contributed by atoms with Gasteiger partial charge in [0.2, 0.25) is 0 Å². The van der Waals surface area contributed by atoms with Crippen molar-refractivity contribution in [1.29, 1.82) is 0 Å². The lowest BCUT2D eigenvalue weighted by Crippen LogP contribution is -2.47. The fourth-order valence-electron chi connectivity index (χ4n) is 5.54. The number of carbonyl (C=O) groups excluding carboxylic acids is 1. The molecular formula is C35H46FN3O6S. The van der Waals surface area contributed by atoms with Gasteiger partial charge < -0.3 is 19.5 Å². The molecule has 0 aliphatic carbocycles. The maximum atomic E-state index is 14.3. The van der Waals surface area contributed by atoms with Crippen LogP contribution in [0.5, 0.6) is 5.75 Å². The third-order valence-electron chi connectivity index (χ3n) is 8.21. The molecule has 0 saturated carbocycles. The van der Waals surface area contributed by atoms with E-state index in [-0.39, 0.29) is 40.9 Å². The topological polar surface area (TPSA) is 108 Å². The van der Waals surface area contributed by atoms with Crippen LogP contribution in [0.3, 0.4) is 0 Å². The molecule has 0 bridgehead atoms. The molecule has 1 amide bonds. The first-order valence-electron chi connectivity index (χ1n) is 15.8. The Morgan fingerprint density at radius 1 is 1.07 bits per heavy atom. The van der Waals surface area contributed by atoms with Gasteiger partial charge in [0.1, 0.15) is 11.6 Å². The average Bonchev–Trinajstić information content (AvgIpc) is 3.03. The highest BCUT2D eigenvalue weighted by Gasteiger charge is 2.30. The number of rotatable bonds is 9. The van der Waals surface area contributed by atoms with E-state index in [1.165, 1.54) is 29.8 Å². The zero-order valence-corrected chi connectivity index (χ0v) is 27.9. The Kier molecular flexibility index (Phi) is 12.6. The number of anilines is 1. The van der Waals surface area contributed by atoms with Crippen molar-refractivity contribution in [1.82, 2.24) is 9.80 Å². The molecule has 4 rings (SSSR count). The number of aliphatic hydroxyl groups excluding tert-OH is 1. The Balaban J connectivity index is 1.64. The molecule has 1 aliphatic rings. The van der Waals surface area contributed by atoms with Gasteiger partial charge in [0.05, 0.1) is 35.3 Å². The van der Waals surface area contributed by atoms with Gasteiger partial charge in [-0.3, -0.25) is 14.4 Å². The van der Waals surface area contributed by atoms with Crippen LogP contribution in [-0.4, -0.2) is 80.8 Å². The standard InChI is InChI=1S/C35H46FN3O6S/c1-25-21-39(26(2)24-40)35(41)32-20-30(37-46(42,43)31-16-13-29(36)14-17-31)15-18-33(32)45-27(3)10-8-9-19-44-34(25)23-38(4)22-28-11-6-5-7-12-28/h5-7,11-18,20,25-27,34,37,40H,8-10,19,21-24H2,1-4H3/t25-,26-,27-,34-/m0/s1. The number of aliphatic hydroxyl groups is 1. The van der Waals surface area contributed by atoms with Crippen molar-refractivity contribution in [3.05, 3.63) is 89.7 Å². The van der Waals surface area contributed by atoms with E-state index in [0.29, 0.717) is 25.4 Å². The van der Waals surface area contributed by atoms with E-state index in [1.807, 2.05) is 32.0 Å². The second-order valence-electron chi connectivity index (χ2n) is 12.3. The summed E-state index contributed by atoms with van der Waals surface area (Å²) in [6.07, 6.45) is 2.06. The van der Waals surface area contributed by atoms with Crippen LogP contribution in [0.2, 0.25) is 0 Å². The van der Waals surface area contributed by atoms with Gasteiger partial charge in [0.25, 0.3) is 15.9 Å². The summed E-state index contributed by atoms with van der Waals surface area (Å²) in [5.41, 5.74) is 1.53. The minimum atomic E-state index is -4.06. The van der Waals surface area contributed by atoms with Crippen LogP contribution in [0.15, 0.2) is 77.7 Å². The van der Waals surface area contributed by atoms with Crippen LogP contribution in [0.25, 0.3) is 0 Å². The van der Waals surface area contributed by atoms with E-state index in [1.54, 1.807) is 17.9 Å². The van der Waals surface area contributed by atoms with E-state index >= 15 is 0 Å². The first kappa shape index (κ1) is 35.3. The van der Waals surface area contributed by atoms with Gasteiger partial charge in [-0.25, -0.2) is 12.8 Å². The summed E-state index contributed by atoms with van der Waals surface area (Å²) >= 11 is 0. The average molecular weight is 656 g/mol. The Morgan fingerprint density at radius 2 is 1.78 bits per heavy atom. The second-order valence-corrected chi connectivity index (χ2v) is 13.9. The Bertz CT molecular complexity index is 1520. The normalized spacial score (nSPS) is 20.8. The lowest BCUT2D eigenvalue weighted by Gasteiger charge is -2.36. The maximum Gasteiger partial charge on any atom is 0.261 e. The van der Waals surface area contributed by atoms with Crippen molar-refractivity contribution in [2.45, 2.75) is 69.7 Å². The molecule has 1 aliphatic heterocycles. The quantitative estimate of drug-likeness (QED) is 0.311. The van der Waals surface area contributed by atoms with Gasteiger partial charge in [-0.05, 0) is 88.2 Å². The van der Waals surface area contributed by atoms with Crippen molar-refractivity contribution in [3.8, 4) is 5.75 Å². The summed E-state index contributed by atoms with van der Waals surface area (Å²) in [5.74, 6) is -0.711. The smallest absolute Gasteiger partial charge is 0.261 e. The summed E-state index contributed by atoms with van der Waals surface area (Å²) < 4.78 is 54.8. The van der Waals surface area contributed by atoms with Gasteiger partial charge in [0.15, 0.2) is 0 Å². The molecule has 11 heteroatoms. The minimum Gasteiger partial charge on any atom is -0.490 e. The van der Waals surface area contributed by atoms with Crippen LogP contribution in [0.1, 0.15) is 56.0 Å². The molecule has 0 unspecified atom stereocenters. The van der Waals surface area contributed by atoms with Gasteiger partial charge in [-0.15, -0.1) is 0 Å². The summed E-state index contributed by atoms with van der Waals surface area (Å²) in [5, 5.41) is 10.2. The number of halogens is 1. The first-order chi connectivity index (χ1) is 22.0. The Hall–Kier alpha value is -3.51. The number of hydrogen-bond acceptors (Lipinski definition) is 7. The molecule has 0 aromatic heterocycles. The highest BCUT2D eigenvalue weighted by atomic mass is 32.2. The van der Waals surface area contributed by atoms with E-state index in [4.69, 9.17) is 9.47 Å². The second kappa shape index (κ2) is 16.4. The highest BCUT2D eigenvalue weighted by molar-refractivity contribution is 7.92. The summed E-state index contributed by atoms with van der Waals surface area (Å²) in [4.78, 5) is 18.0. The first-order valence-corrected chi connectivity index (χ1v) is 17.3. The molecule has 4 atom stereocenters. The Morgan fingerprint density at radius 3 is 2.48 bits per heavy atom. The van der Waals surface area contributed by atoms with E-state index in [2.05, 4.69) is 28.8 Å². The maximum absolute atomic E-state index is 14.3. The molecule has 250 valence electrons. The monoisotopic (exact) mass is 655 g/mol. The summed E-state index contributed by atoms with van der Waals surface area (Å²) in [7, 11) is -2.01. The molecule has 0 spiro atoms. The van der Waals surface area contributed by atoms with Crippen molar-refractivity contribution in [2.75, 3.05) is 38.1 Å². The molecule has 0 saturated heterocycles.